The average molecular weight is 331 g/mol. The molecule has 1 unspecified atom stereocenters. The molecule has 4 nitrogen and oxygen atoms in total. The summed E-state index contributed by atoms with van der Waals surface area (Å²) in [7, 11) is 0. The van der Waals surface area contributed by atoms with Gasteiger partial charge in [0, 0.05) is 30.7 Å². The Balaban J connectivity index is 1.68. The van der Waals surface area contributed by atoms with Gasteiger partial charge in [0.1, 0.15) is 0 Å². The van der Waals surface area contributed by atoms with E-state index in [-0.39, 0.29) is 11.8 Å². The minimum absolute atomic E-state index is 0.0495. The second-order valence-electron chi connectivity index (χ2n) is 5.88. The number of aromatic nitrogens is 2. The predicted octanol–water partition coefficient (Wildman–Crippen LogP) is 3.95. The smallest absolute Gasteiger partial charge is 0.227 e. The summed E-state index contributed by atoms with van der Waals surface area (Å²) in [6.45, 7) is 2.52. The third kappa shape index (κ3) is 4.29. The van der Waals surface area contributed by atoms with Crippen LogP contribution in [0, 0.1) is 0 Å². The van der Waals surface area contributed by atoms with Crippen molar-refractivity contribution in [3.05, 3.63) is 84.3 Å². The van der Waals surface area contributed by atoms with Crippen LogP contribution < -0.4 is 5.32 Å². The molecule has 0 bridgehead atoms. The molecule has 126 valence electrons. The number of carbonyl (C=O) groups excluding carboxylic acids is 1. The van der Waals surface area contributed by atoms with Crippen molar-refractivity contribution in [2.75, 3.05) is 0 Å². The van der Waals surface area contributed by atoms with Crippen molar-refractivity contribution >= 4 is 5.91 Å². The molecule has 3 aromatic rings. The molecule has 2 heterocycles. The lowest BCUT2D eigenvalue weighted by Crippen LogP contribution is -2.28. The van der Waals surface area contributed by atoms with Crippen LogP contribution in [0.25, 0.3) is 11.3 Å². The number of pyridine rings is 2. The fourth-order valence-corrected chi connectivity index (χ4v) is 2.83. The van der Waals surface area contributed by atoms with Gasteiger partial charge in [-0.3, -0.25) is 14.8 Å². The van der Waals surface area contributed by atoms with E-state index in [0.717, 1.165) is 28.8 Å². The average Bonchev–Trinajstić information content (AvgIpc) is 2.69. The zero-order valence-electron chi connectivity index (χ0n) is 14.2. The Morgan fingerprint density at radius 2 is 1.92 bits per heavy atom. The first kappa shape index (κ1) is 16.8. The highest BCUT2D eigenvalue weighted by atomic mass is 16.1. The normalized spacial score (nSPS) is 11.7. The Bertz CT molecular complexity index is 819. The topological polar surface area (TPSA) is 54.9 Å². The summed E-state index contributed by atoms with van der Waals surface area (Å²) in [6.07, 6.45) is 6.06. The van der Waals surface area contributed by atoms with E-state index < -0.39 is 0 Å². The first-order chi connectivity index (χ1) is 12.3. The summed E-state index contributed by atoms with van der Waals surface area (Å²) in [5, 5.41) is 3.04. The van der Waals surface area contributed by atoms with Crippen molar-refractivity contribution in [3.63, 3.8) is 0 Å². The van der Waals surface area contributed by atoms with Crippen LogP contribution in [0.4, 0.5) is 0 Å². The number of nitrogens with zero attached hydrogens (tertiary/aromatic N) is 2. The van der Waals surface area contributed by atoms with Crippen LogP contribution in [0.3, 0.4) is 0 Å². The summed E-state index contributed by atoms with van der Waals surface area (Å²) in [4.78, 5) is 21.1. The number of rotatable bonds is 6. The predicted molar refractivity (Wildman–Crippen MR) is 98.8 cm³/mol. The van der Waals surface area contributed by atoms with Crippen LogP contribution in [0.15, 0.2) is 73.2 Å². The zero-order valence-corrected chi connectivity index (χ0v) is 14.2. The summed E-state index contributed by atoms with van der Waals surface area (Å²) in [6, 6.07) is 17.7. The van der Waals surface area contributed by atoms with Crippen LogP contribution in [-0.2, 0) is 11.3 Å². The van der Waals surface area contributed by atoms with E-state index >= 15 is 0 Å². The van der Waals surface area contributed by atoms with E-state index in [9.17, 15) is 4.79 Å². The number of carbonyl (C=O) groups is 1. The van der Waals surface area contributed by atoms with Gasteiger partial charge in [-0.2, -0.15) is 0 Å². The first-order valence-corrected chi connectivity index (χ1v) is 8.46. The van der Waals surface area contributed by atoms with E-state index in [1.165, 1.54) is 0 Å². The number of benzene rings is 1. The van der Waals surface area contributed by atoms with Gasteiger partial charge < -0.3 is 5.32 Å². The fourth-order valence-electron chi connectivity index (χ4n) is 2.83. The van der Waals surface area contributed by atoms with Gasteiger partial charge in [-0.15, -0.1) is 0 Å². The van der Waals surface area contributed by atoms with Gasteiger partial charge >= 0.3 is 0 Å². The van der Waals surface area contributed by atoms with Gasteiger partial charge in [-0.05, 0) is 41.8 Å². The van der Waals surface area contributed by atoms with E-state index in [1.54, 1.807) is 18.6 Å². The monoisotopic (exact) mass is 331 g/mol. The molecular weight excluding hydrogens is 310 g/mol. The summed E-state index contributed by atoms with van der Waals surface area (Å²) in [5.41, 5.74) is 3.89. The van der Waals surface area contributed by atoms with Crippen molar-refractivity contribution in [1.29, 1.82) is 0 Å². The van der Waals surface area contributed by atoms with E-state index in [2.05, 4.69) is 15.3 Å². The first-order valence-electron chi connectivity index (χ1n) is 8.46. The second-order valence-corrected chi connectivity index (χ2v) is 5.88. The third-order valence-corrected chi connectivity index (χ3v) is 4.18. The molecule has 1 aromatic carbocycles. The van der Waals surface area contributed by atoms with Crippen LogP contribution in [-0.4, -0.2) is 15.9 Å². The molecule has 0 aliphatic heterocycles. The molecule has 1 amide bonds. The molecule has 2 aromatic heterocycles. The third-order valence-electron chi connectivity index (χ3n) is 4.18. The van der Waals surface area contributed by atoms with Gasteiger partial charge in [0.25, 0.3) is 0 Å². The van der Waals surface area contributed by atoms with E-state index in [4.69, 9.17) is 0 Å². The summed E-state index contributed by atoms with van der Waals surface area (Å²) >= 11 is 0. The maximum absolute atomic E-state index is 12.6. The second kappa shape index (κ2) is 8.20. The minimum Gasteiger partial charge on any atom is -0.351 e. The van der Waals surface area contributed by atoms with Crippen molar-refractivity contribution in [3.8, 4) is 11.3 Å². The van der Waals surface area contributed by atoms with Crippen LogP contribution in [0.1, 0.15) is 30.4 Å². The molecule has 0 saturated heterocycles. The van der Waals surface area contributed by atoms with E-state index in [0.29, 0.717) is 6.54 Å². The van der Waals surface area contributed by atoms with Gasteiger partial charge in [-0.1, -0.05) is 37.3 Å². The lowest BCUT2D eigenvalue weighted by Gasteiger charge is -2.15. The van der Waals surface area contributed by atoms with Gasteiger partial charge in [0.05, 0.1) is 11.6 Å². The molecule has 25 heavy (non-hydrogen) atoms. The van der Waals surface area contributed by atoms with E-state index in [1.807, 2.05) is 61.5 Å². The Kier molecular flexibility index (Phi) is 5.52. The lowest BCUT2D eigenvalue weighted by atomic mass is 9.95. The lowest BCUT2D eigenvalue weighted by molar-refractivity contribution is -0.122. The van der Waals surface area contributed by atoms with Crippen molar-refractivity contribution < 1.29 is 4.79 Å². The molecule has 1 atom stereocenters. The van der Waals surface area contributed by atoms with Gasteiger partial charge in [0.15, 0.2) is 0 Å². The Morgan fingerprint density at radius 1 is 1.08 bits per heavy atom. The Morgan fingerprint density at radius 3 is 2.64 bits per heavy atom. The molecule has 0 saturated carbocycles. The van der Waals surface area contributed by atoms with Crippen molar-refractivity contribution in [2.24, 2.45) is 0 Å². The standard InChI is InChI=1S/C21H21N3O/c1-2-19(17-7-4-3-5-8-17)21(25)24-14-16-10-12-23-20(13-16)18-9-6-11-22-15-18/h3-13,15,19H,2,14H2,1H3,(H,24,25). The maximum Gasteiger partial charge on any atom is 0.227 e. The van der Waals surface area contributed by atoms with Gasteiger partial charge in [-0.25, -0.2) is 0 Å². The highest BCUT2D eigenvalue weighted by molar-refractivity contribution is 5.83. The Hall–Kier alpha value is -3.01. The quantitative estimate of drug-likeness (QED) is 0.744. The SMILES string of the molecule is CCC(C(=O)NCc1ccnc(-c2cccnc2)c1)c1ccccc1. The molecule has 4 heteroatoms. The molecule has 0 aliphatic rings. The summed E-state index contributed by atoms with van der Waals surface area (Å²) < 4.78 is 0. The van der Waals surface area contributed by atoms with Crippen molar-refractivity contribution in [2.45, 2.75) is 25.8 Å². The maximum atomic E-state index is 12.6. The van der Waals surface area contributed by atoms with Crippen LogP contribution in [0.2, 0.25) is 0 Å². The highest BCUT2D eigenvalue weighted by Crippen LogP contribution is 2.20. The number of hydrogen-bond donors (Lipinski definition) is 1. The number of amides is 1. The molecular formula is C21H21N3O. The van der Waals surface area contributed by atoms with Crippen molar-refractivity contribution in [1.82, 2.24) is 15.3 Å². The summed E-state index contributed by atoms with van der Waals surface area (Å²) in [5.74, 6) is -0.0747. The largest absolute Gasteiger partial charge is 0.351 e. The molecule has 1 N–H and O–H groups in total. The van der Waals surface area contributed by atoms with Crippen LogP contribution >= 0.6 is 0 Å². The minimum atomic E-state index is -0.124. The van der Waals surface area contributed by atoms with Gasteiger partial charge in [0.2, 0.25) is 5.91 Å². The fraction of sp³-hybridized carbons (Fsp3) is 0.190. The highest BCUT2D eigenvalue weighted by Gasteiger charge is 2.17. The zero-order chi connectivity index (χ0) is 17.5. The molecule has 0 aliphatic carbocycles. The molecule has 0 radical (unpaired) electrons. The molecule has 3 rings (SSSR count). The number of nitrogens with one attached hydrogen (secondary N) is 1. The van der Waals surface area contributed by atoms with Crippen LogP contribution in [0.5, 0.6) is 0 Å². The molecule has 0 spiro atoms. The Labute approximate surface area is 148 Å². The number of hydrogen-bond acceptors (Lipinski definition) is 3. The molecule has 0 fully saturated rings.